The second-order valence-electron chi connectivity index (χ2n) is 6.96. The largest absolute Gasteiger partial charge is 0.376 e. The zero-order valence-electron chi connectivity index (χ0n) is 16.6. The normalized spacial score (nSPS) is 10.4. The molecule has 0 fully saturated rings. The van der Waals surface area contributed by atoms with E-state index in [-0.39, 0.29) is 18.4 Å². The van der Waals surface area contributed by atoms with E-state index in [0.717, 1.165) is 27.9 Å². The molecule has 148 valence electrons. The number of hydrogen-bond acceptors (Lipinski definition) is 3. The number of anilines is 1. The van der Waals surface area contributed by atoms with E-state index in [1.54, 1.807) is 0 Å². The minimum Gasteiger partial charge on any atom is -0.376 e. The molecule has 0 aromatic heterocycles. The average Bonchev–Trinajstić information content (AvgIpc) is 2.73. The smallest absolute Gasteiger partial charge is 0.257 e. The van der Waals surface area contributed by atoms with Crippen molar-refractivity contribution >= 4 is 17.5 Å². The van der Waals surface area contributed by atoms with Crippen LogP contribution in [0.25, 0.3) is 0 Å². The van der Waals surface area contributed by atoms with Crippen molar-refractivity contribution in [2.45, 2.75) is 19.8 Å². The zero-order valence-corrected chi connectivity index (χ0v) is 16.6. The number of carbonyl (C=O) groups is 2. The maximum atomic E-state index is 12.9. The molecule has 0 bridgehead atoms. The topological polar surface area (TPSA) is 70.2 Å². The minimum absolute atomic E-state index is 0.0610. The van der Waals surface area contributed by atoms with Gasteiger partial charge in [0.05, 0.1) is 12.5 Å². The lowest BCUT2D eigenvalue weighted by Crippen LogP contribution is -2.46. The molecule has 0 radical (unpaired) electrons. The van der Waals surface area contributed by atoms with Crippen LogP contribution in [-0.2, 0) is 9.59 Å². The molecule has 3 N–H and O–H groups in total. The summed E-state index contributed by atoms with van der Waals surface area (Å²) in [6.07, 6.45) is 0. The van der Waals surface area contributed by atoms with Gasteiger partial charge in [-0.15, -0.1) is 0 Å². The lowest BCUT2D eigenvalue weighted by Gasteiger charge is -2.18. The predicted molar refractivity (Wildman–Crippen MR) is 115 cm³/mol. The number of carbonyl (C=O) groups excluding carboxylic acids is 2. The van der Waals surface area contributed by atoms with Crippen molar-refractivity contribution < 1.29 is 9.59 Å². The number of rotatable bonds is 6. The Balaban J connectivity index is 1.62. The van der Waals surface area contributed by atoms with Crippen LogP contribution in [0.3, 0.4) is 0 Å². The lowest BCUT2D eigenvalue weighted by atomic mass is 9.91. The molecule has 3 rings (SSSR count). The van der Waals surface area contributed by atoms with Crippen LogP contribution in [0.1, 0.15) is 28.2 Å². The van der Waals surface area contributed by atoms with Gasteiger partial charge in [-0.25, -0.2) is 0 Å². The fraction of sp³-hybridized carbons (Fsp3) is 0.167. The number of aryl methyl sites for hydroxylation is 2. The summed E-state index contributed by atoms with van der Waals surface area (Å²) in [6.45, 7) is 4.07. The van der Waals surface area contributed by atoms with Crippen LogP contribution in [-0.4, -0.2) is 18.4 Å². The van der Waals surface area contributed by atoms with Crippen molar-refractivity contribution in [3.05, 3.63) is 101 Å². The lowest BCUT2D eigenvalue weighted by molar-refractivity contribution is -0.128. The number of nitrogens with one attached hydrogen (secondary N) is 3. The van der Waals surface area contributed by atoms with E-state index in [2.05, 4.69) is 16.2 Å². The van der Waals surface area contributed by atoms with E-state index in [1.165, 1.54) is 0 Å². The molecule has 0 saturated heterocycles. The maximum absolute atomic E-state index is 12.9. The maximum Gasteiger partial charge on any atom is 0.257 e. The van der Waals surface area contributed by atoms with Crippen LogP contribution in [0, 0.1) is 13.8 Å². The van der Waals surface area contributed by atoms with Gasteiger partial charge < -0.3 is 5.32 Å². The second-order valence-corrected chi connectivity index (χ2v) is 6.96. The van der Waals surface area contributed by atoms with Crippen molar-refractivity contribution in [1.82, 2.24) is 10.9 Å². The van der Waals surface area contributed by atoms with Gasteiger partial charge in [0.2, 0.25) is 5.91 Å². The molecule has 5 heteroatoms. The van der Waals surface area contributed by atoms with Crippen LogP contribution >= 0.6 is 0 Å². The Kier molecular flexibility index (Phi) is 6.63. The summed E-state index contributed by atoms with van der Waals surface area (Å²) in [5.74, 6) is -1.12. The average molecular weight is 387 g/mol. The Bertz CT molecular complexity index is 932. The van der Waals surface area contributed by atoms with E-state index < -0.39 is 5.92 Å². The highest BCUT2D eigenvalue weighted by Gasteiger charge is 2.22. The van der Waals surface area contributed by atoms with E-state index in [0.29, 0.717) is 0 Å². The predicted octanol–water partition coefficient (Wildman–Crippen LogP) is 3.69. The van der Waals surface area contributed by atoms with Crippen molar-refractivity contribution in [2.24, 2.45) is 0 Å². The highest BCUT2D eigenvalue weighted by atomic mass is 16.2. The molecule has 0 unspecified atom stereocenters. The molecule has 0 heterocycles. The Morgan fingerprint density at radius 1 is 0.793 bits per heavy atom. The monoisotopic (exact) mass is 387 g/mol. The van der Waals surface area contributed by atoms with Crippen LogP contribution in [0.5, 0.6) is 0 Å². The molecule has 0 aliphatic carbocycles. The van der Waals surface area contributed by atoms with Crippen molar-refractivity contribution in [3.8, 4) is 0 Å². The van der Waals surface area contributed by atoms with E-state index in [9.17, 15) is 9.59 Å². The van der Waals surface area contributed by atoms with Crippen molar-refractivity contribution in [1.29, 1.82) is 0 Å². The molecular formula is C24H25N3O2. The van der Waals surface area contributed by atoms with Crippen LogP contribution < -0.4 is 16.2 Å². The number of hydrazine groups is 1. The summed E-state index contributed by atoms with van der Waals surface area (Å²) in [5.41, 5.74) is 9.91. The number of amides is 2. The fourth-order valence-electron chi connectivity index (χ4n) is 3.22. The third kappa shape index (κ3) is 5.45. The fourth-order valence-corrected chi connectivity index (χ4v) is 3.22. The summed E-state index contributed by atoms with van der Waals surface area (Å²) in [6, 6.07) is 25.0. The number of benzene rings is 3. The molecule has 5 nitrogen and oxygen atoms in total. The van der Waals surface area contributed by atoms with Gasteiger partial charge in [-0.1, -0.05) is 78.4 Å². The molecule has 3 aromatic rings. The van der Waals surface area contributed by atoms with Crippen molar-refractivity contribution in [3.63, 3.8) is 0 Å². The van der Waals surface area contributed by atoms with E-state index >= 15 is 0 Å². The summed E-state index contributed by atoms with van der Waals surface area (Å²) >= 11 is 0. The van der Waals surface area contributed by atoms with Crippen molar-refractivity contribution in [2.75, 3.05) is 11.9 Å². The highest BCUT2D eigenvalue weighted by molar-refractivity contribution is 5.90. The quantitative estimate of drug-likeness (QED) is 0.565. The number of hydrogen-bond donors (Lipinski definition) is 3. The molecule has 3 aromatic carbocycles. The van der Waals surface area contributed by atoms with Crippen LogP contribution in [0.15, 0.2) is 78.9 Å². The van der Waals surface area contributed by atoms with Gasteiger partial charge in [-0.2, -0.15) is 0 Å². The van der Waals surface area contributed by atoms with Gasteiger partial charge in [0, 0.05) is 5.69 Å². The molecule has 2 amide bonds. The SMILES string of the molecule is Cc1ccc(NCC(=O)NNC(=O)C(c2ccccc2)c2ccccc2)c(C)c1. The summed E-state index contributed by atoms with van der Waals surface area (Å²) < 4.78 is 0. The zero-order chi connectivity index (χ0) is 20.6. The van der Waals surface area contributed by atoms with Gasteiger partial charge >= 0.3 is 0 Å². The van der Waals surface area contributed by atoms with Gasteiger partial charge in [0.15, 0.2) is 0 Å². The van der Waals surface area contributed by atoms with E-state index in [1.807, 2.05) is 92.7 Å². The summed E-state index contributed by atoms with van der Waals surface area (Å²) in [5, 5.41) is 3.09. The Morgan fingerprint density at radius 3 is 1.93 bits per heavy atom. The second kappa shape index (κ2) is 9.55. The molecular weight excluding hydrogens is 362 g/mol. The van der Waals surface area contributed by atoms with Gasteiger partial charge in [0.25, 0.3) is 5.91 Å². The minimum atomic E-state index is -0.509. The molecule has 0 atom stereocenters. The summed E-state index contributed by atoms with van der Waals surface area (Å²) in [4.78, 5) is 25.1. The molecule has 0 aliphatic rings. The first-order valence-electron chi connectivity index (χ1n) is 9.54. The van der Waals surface area contributed by atoms with Crippen LogP contribution in [0.2, 0.25) is 0 Å². The summed E-state index contributed by atoms with van der Waals surface area (Å²) in [7, 11) is 0. The Morgan fingerprint density at radius 2 is 1.38 bits per heavy atom. The standard InChI is InChI=1S/C24H25N3O2/c1-17-13-14-21(18(2)15-17)25-16-22(28)26-27-24(29)23(19-9-5-3-6-10-19)20-11-7-4-8-12-20/h3-15,23,25H,16H2,1-2H3,(H,26,28)(H,27,29). The van der Waals surface area contributed by atoms with Gasteiger partial charge in [-0.3, -0.25) is 20.4 Å². The first-order valence-corrected chi connectivity index (χ1v) is 9.54. The Hall–Kier alpha value is -3.60. The molecule has 0 spiro atoms. The molecule has 29 heavy (non-hydrogen) atoms. The van der Waals surface area contributed by atoms with E-state index in [4.69, 9.17) is 0 Å². The third-order valence-electron chi connectivity index (χ3n) is 4.67. The first-order chi connectivity index (χ1) is 14.0. The highest BCUT2D eigenvalue weighted by Crippen LogP contribution is 2.24. The Labute approximate surface area is 171 Å². The first kappa shape index (κ1) is 20.1. The molecule has 0 aliphatic heterocycles. The molecule has 0 saturated carbocycles. The van der Waals surface area contributed by atoms with Gasteiger partial charge in [-0.05, 0) is 36.6 Å². The van der Waals surface area contributed by atoms with Gasteiger partial charge in [0.1, 0.15) is 0 Å². The third-order valence-corrected chi connectivity index (χ3v) is 4.67. The van der Waals surface area contributed by atoms with Crippen LogP contribution in [0.4, 0.5) is 5.69 Å².